The van der Waals surface area contributed by atoms with Crippen molar-refractivity contribution in [2.75, 3.05) is 13.2 Å². The van der Waals surface area contributed by atoms with Crippen LogP contribution in [0, 0.1) is 11.3 Å². The third-order valence-corrected chi connectivity index (χ3v) is 3.02. The predicted molar refractivity (Wildman–Crippen MR) is 82.8 cm³/mol. The number of carbonyl (C=O) groups is 1. The van der Waals surface area contributed by atoms with Gasteiger partial charge in [0.25, 0.3) is 5.91 Å². The number of aliphatic hydroxyl groups is 1. The maximum atomic E-state index is 11.7. The van der Waals surface area contributed by atoms with Crippen LogP contribution in [0.3, 0.4) is 0 Å². The minimum atomic E-state index is -0.558. The normalized spacial score (nSPS) is 11.0. The Kier molecular flexibility index (Phi) is 5.37. The van der Waals surface area contributed by atoms with Crippen molar-refractivity contribution >= 4 is 23.6 Å². The molecule has 2 N–H and O–H groups in total. The fourth-order valence-corrected chi connectivity index (χ4v) is 1.97. The fourth-order valence-electron chi connectivity index (χ4n) is 1.78. The van der Waals surface area contributed by atoms with Crippen LogP contribution >= 0.6 is 11.6 Å². The highest BCUT2D eigenvalue weighted by molar-refractivity contribution is 6.30. The van der Waals surface area contributed by atoms with Gasteiger partial charge >= 0.3 is 0 Å². The number of benzene rings is 1. The van der Waals surface area contributed by atoms with E-state index in [0.717, 1.165) is 5.56 Å². The van der Waals surface area contributed by atoms with Crippen LogP contribution in [-0.2, 0) is 4.79 Å². The Morgan fingerprint density at radius 2 is 2.23 bits per heavy atom. The predicted octanol–water partition coefficient (Wildman–Crippen LogP) is 2.62. The lowest BCUT2D eigenvalue weighted by Crippen LogP contribution is -2.27. The molecule has 1 aromatic carbocycles. The number of nitrogens with zero attached hydrogens (tertiary/aromatic N) is 1. The molecule has 2 aromatic rings. The topological polar surface area (TPSA) is 86.3 Å². The molecule has 0 fully saturated rings. The number of nitrogens with one attached hydrogen (secondary N) is 1. The summed E-state index contributed by atoms with van der Waals surface area (Å²) in [6.45, 7) is -0.103. The number of hydrogen-bond acceptors (Lipinski definition) is 4. The first kappa shape index (κ1) is 15.8. The Bertz CT molecular complexity index is 744. The van der Waals surface area contributed by atoms with Gasteiger partial charge in [0.2, 0.25) is 0 Å². The lowest BCUT2D eigenvalue weighted by atomic mass is 10.2. The van der Waals surface area contributed by atoms with Gasteiger partial charge in [0, 0.05) is 23.2 Å². The average molecular weight is 317 g/mol. The highest BCUT2D eigenvalue weighted by atomic mass is 35.5. The molecule has 5 nitrogen and oxygen atoms in total. The molecule has 0 saturated carbocycles. The van der Waals surface area contributed by atoms with Gasteiger partial charge in [-0.05, 0) is 24.3 Å². The van der Waals surface area contributed by atoms with E-state index in [4.69, 9.17) is 26.4 Å². The SMILES string of the molecule is N#C/C(=C\c1ccc(-c2cccc(Cl)c2)o1)C(=O)NCCO. The lowest BCUT2D eigenvalue weighted by Gasteiger charge is -2.00. The quantitative estimate of drug-likeness (QED) is 0.656. The summed E-state index contributed by atoms with van der Waals surface area (Å²) >= 11 is 5.93. The van der Waals surface area contributed by atoms with Crippen molar-refractivity contribution in [3.05, 3.63) is 52.8 Å². The van der Waals surface area contributed by atoms with E-state index in [1.807, 2.05) is 6.07 Å². The van der Waals surface area contributed by atoms with Crippen molar-refractivity contribution in [2.24, 2.45) is 0 Å². The van der Waals surface area contributed by atoms with E-state index in [1.54, 1.807) is 36.4 Å². The number of aliphatic hydroxyl groups excluding tert-OH is 1. The Morgan fingerprint density at radius 3 is 2.91 bits per heavy atom. The standard InChI is InChI=1S/C16H13ClN2O3/c17-13-3-1-2-11(8-13)15-5-4-14(22-15)9-12(10-18)16(21)19-6-7-20/h1-5,8-9,20H,6-7H2,(H,19,21)/b12-9+. The van der Waals surface area contributed by atoms with Gasteiger partial charge in [-0.2, -0.15) is 5.26 Å². The van der Waals surface area contributed by atoms with Crippen LogP contribution < -0.4 is 5.32 Å². The summed E-state index contributed by atoms with van der Waals surface area (Å²) in [5.41, 5.74) is 0.704. The zero-order chi connectivity index (χ0) is 15.9. The molecule has 0 spiro atoms. The van der Waals surface area contributed by atoms with Crippen LogP contribution in [0.2, 0.25) is 5.02 Å². The Balaban J connectivity index is 2.22. The monoisotopic (exact) mass is 316 g/mol. The van der Waals surface area contributed by atoms with E-state index in [9.17, 15) is 4.79 Å². The second-order valence-electron chi connectivity index (χ2n) is 4.36. The summed E-state index contributed by atoms with van der Waals surface area (Å²) < 4.78 is 5.60. The zero-order valence-electron chi connectivity index (χ0n) is 11.5. The smallest absolute Gasteiger partial charge is 0.262 e. The van der Waals surface area contributed by atoms with Gasteiger partial charge in [-0.1, -0.05) is 23.7 Å². The molecule has 2 rings (SSSR count). The summed E-state index contributed by atoms with van der Waals surface area (Å²) in [5.74, 6) is 0.407. The number of hydrogen-bond donors (Lipinski definition) is 2. The molecule has 0 saturated heterocycles. The summed E-state index contributed by atoms with van der Waals surface area (Å²) in [6, 6.07) is 12.4. The Hall–Kier alpha value is -2.55. The minimum absolute atomic E-state index is 0.0871. The summed E-state index contributed by atoms with van der Waals surface area (Å²) in [5, 5.41) is 20.7. The molecular formula is C16H13ClN2O3. The van der Waals surface area contributed by atoms with Gasteiger partial charge in [-0.15, -0.1) is 0 Å². The third kappa shape index (κ3) is 3.98. The number of halogens is 1. The van der Waals surface area contributed by atoms with Gasteiger partial charge in [-0.3, -0.25) is 4.79 Å². The van der Waals surface area contributed by atoms with E-state index in [1.165, 1.54) is 6.08 Å². The second-order valence-corrected chi connectivity index (χ2v) is 4.80. The van der Waals surface area contributed by atoms with Crippen LogP contribution in [0.4, 0.5) is 0 Å². The molecule has 0 atom stereocenters. The lowest BCUT2D eigenvalue weighted by molar-refractivity contribution is -0.117. The van der Waals surface area contributed by atoms with E-state index < -0.39 is 5.91 Å². The molecule has 6 heteroatoms. The van der Waals surface area contributed by atoms with Crippen LogP contribution in [0.25, 0.3) is 17.4 Å². The maximum Gasteiger partial charge on any atom is 0.262 e. The Morgan fingerprint density at radius 1 is 1.41 bits per heavy atom. The fraction of sp³-hybridized carbons (Fsp3) is 0.125. The summed E-state index contributed by atoms with van der Waals surface area (Å²) in [4.78, 5) is 11.7. The highest BCUT2D eigenvalue weighted by Crippen LogP contribution is 2.25. The molecule has 0 aliphatic carbocycles. The molecule has 0 bridgehead atoms. The minimum Gasteiger partial charge on any atom is -0.457 e. The Labute approximate surface area is 132 Å². The van der Waals surface area contributed by atoms with E-state index in [0.29, 0.717) is 16.5 Å². The summed E-state index contributed by atoms with van der Waals surface area (Å²) in [6.07, 6.45) is 1.35. The van der Waals surface area contributed by atoms with Gasteiger partial charge in [0.05, 0.1) is 6.61 Å². The van der Waals surface area contributed by atoms with E-state index in [2.05, 4.69) is 5.32 Å². The van der Waals surface area contributed by atoms with Crippen molar-refractivity contribution in [1.82, 2.24) is 5.32 Å². The highest BCUT2D eigenvalue weighted by Gasteiger charge is 2.10. The average Bonchev–Trinajstić information content (AvgIpc) is 2.99. The molecule has 0 unspecified atom stereocenters. The zero-order valence-corrected chi connectivity index (χ0v) is 12.3. The molecule has 1 heterocycles. The van der Waals surface area contributed by atoms with E-state index in [-0.39, 0.29) is 18.7 Å². The van der Waals surface area contributed by atoms with Crippen LogP contribution in [0.15, 0.2) is 46.4 Å². The number of carbonyl (C=O) groups excluding carboxylic acids is 1. The third-order valence-electron chi connectivity index (χ3n) is 2.78. The molecule has 1 aromatic heterocycles. The maximum absolute atomic E-state index is 11.7. The van der Waals surface area contributed by atoms with E-state index >= 15 is 0 Å². The molecule has 1 amide bonds. The molecule has 112 valence electrons. The first-order valence-electron chi connectivity index (χ1n) is 6.50. The first-order valence-corrected chi connectivity index (χ1v) is 6.88. The molecule has 22 heavy (non-hydrogen) atoms. The van der Waals surface area contributed by atoms with Crippen LogP contribution in [0.5, 0.6) is 0 Å². The van der Waals surface area contributed by atoms with Crippen molar-refractivity contribution in [3.8, 4) is 17.4 Å². The van der Waals surface area contributed by atoms with Crippen molar-refractivity contribution in [3.63, 3.8) is 0 Å². The van der Waals surface area contributed by atoms with Gasteiger partial charge in [-0.25, -0.2) is 0 Å². The molecule has 0 aliphatic heterocycles. The molecule has 0 aliphatic rings. The molecular weight excluding hydrogens is 304 g/mol. The molecule has 0 radical (unpaired) electrons. The van der Waals surface area contributed by atoms with Crippen molar-refractivity contribution in [1.29, 1.82) is 5.26 Å². The van der Waals surface area contributed by atoms with Gasteiger partial charge in [0.1, 0.15) is 23.2 Å². The number of furan rings is 1. The largest absolute Gasteiger partial charge is 0.457 e. The number of nitriles is 1. The number of amides is 1. The van der Waals surface area contributed by atoms with Crippen molar-refractivity contribution < 1.29 is 14.3 Å². The van der Waals surface area contributed by atoms with Gasteiger partial charge < -0.3 is 14.8 Å². The van der Waals surface area contributed by atoms with Crippen molar-refractivity contribution in [2.45, 2.75) is 0 Å². The second kappa shape index (κ2) is 7.46. The first-order chi connectivity index (χ1) is 10.6. The van der Waals surface area contributed by atoms with Crippen LogP contribution in [-0.4, -0.2) is 24.2 Å². The summed E-state index contributed by atoms with van der Waals surface area (Å²) in [7, 11) is 0. The van der Waals surface area contributed by atoms with Crippen LogP contribution in [0.1, 0.15) is 5.76 Å². The number of rotatable bonds is 5. The van der Waals surface area contributed by atoms with Gasteiger partial charge in [0.15, 0.2) is 0 Å².